The number of fused-ring (bicyclic) bond motifs is 1. The number of hydrogen-bond donors (Lipinski definition) is 1. The highest BCUT2D eigenvalue weighted by Crippen LogP contribution is 2.60. The van der Waals surface area contributed by atoms with Gasteiger partial charge in [-0.1, -0.05) is 76.8 Å². The molecule has 1 N–H and O–H groups in total. The van der Waals surface area contributed by atoms with Gasteiger partial charge in [-0.3, -0.25) is 4.57 Å². The van der Waals surface area contributed by atoms with Gasteiger partial charge in [0, 0.05) is 0 Å². The first-order valence-electron chi connectivity index (χ1n) is 15.2. The molecule has 7 atom stereocenters. The van der Waals surface area contributed by atoms with E-state index in [1.807, 2.05) is 21.1 Å². The maximum atomic E-state index is 11.7. The fourth-order valence-corrected chi connectivity index (χ4v) is 8.58. The molecule has 3 aliphatic rings. The van der Waals surface area contributed by atoms with E-state index in [1.165, 1.54) is 56.9 Å². The van der Waals surface area contributed by atoms with Crippen molar-refractivity contribution in [2.75, 3.05) is 27.7 Å². The molecule has 38 heavy (non-hydrogen) atoms. The molecule has 0 aromatic heterocycles. The van der Waals surface area contributed by atoms with Crippen LogP contribution in [-0.2, 0) is 9.09 Å². The van der Waals surface area contributed by atoms with E-state index >= 15 is 0 Å². The maximum Gasteiger partial charge on any atom is 0.265 e. The lowest BCUT2D eigenvalue weighted by Gasteiger charge is -2.44. The summed E-state index contributed by atoms with van der Waals surface area (Å²) in [6, 6.07) is 0. The average Bonchev–Trinajstić information content (AvgIpc) is 3.13. The van der Waals surface area contributed by atoms with E-state index < -0.39 is 13.9 Å². The summed E-state index contributed by atoms with van der Waals surface area (Å²) < 4.78 is 17.5. The minimum Gasteiger partial charge on any atom is -0.756 e. The van der Waals surface area contributed by atoms with E-state index in [4.69, 9.17) is 4.52 Å². The third-order valence-electron chi connectivity index (χ3n) is 9.94. The predicted molar refractivity (Wildman–Crippen MR) is 156 cm³/mol. The lowest BCUT2D eigenvalue weighted by atomic mass is 9.60. The number of phosphoric ester groups is 1. The fraction of sp³-hybridized carbons (Fsp3) is 0.812. The summed E-state index contributed by atoms with van der Waals surface area (Å²) in [5, 5.41) is 0. The number of rotatable bonds is 11. The first-order valence-corrected chi connectivity index (χ1v) is 16.7. The highest BCUT2D eigenvalue weighted by Gasteiger charge is 2.50. The van der Waals surface area contributed by atoms with Crippen LogP contribution in [0, 0.1) is 35.0 Å². The standard InChI is InChI=1S/C32H56NO4P/c1-23(2)11-9-12-25(4)29-18-19-30-26(13-10-20-32(29,30)5)16-17-27-21-28(15-14-24(27)3)31(22-33(6,7)8)37-38(34,35)36/h16-17,23,25,28-31H,3,9-15,18-22H2,1-2,4-8H3,(H-,34,35,36)/b26-16+,27-17-/t25-,28+,29-,30+,31?,32-/m1/s1. The summed E-state index contributed by atoms with van der Waals surface area (Å²) in [5.41, 5.74) is 4.38. The quantitative estimate of drug-likeness (QED) is 0.215. The molecule has 0 bridgehead atoms. The molecule has 3 saturated carbocycles. The second-order valence-electron chi connectivity index (χ2n) is 14.5. The van der Waals surface area contributed by atoms with Crippen LogP contribution in [0.5, 0.6) is 0 Å². The van der Waals surface area contributed by atoms with Crippen LogP contribution in [0.4, 0.5) is 0 Å². The third-order valence-corrected chi connectivity index (χ3v) is 10.5. The van der Waals surface area contributed by atoms with E-state index in [2.05, 4.69) is 46.4 Å². The van der Waals surface area contributed by atoms with Crippen molar-refractivity contribution in [2.45, 2.75) is 104 Å². The lowest BCUT2D eigenvalue weighted by molar-refractivity contribution is -0.873. The Labute approximate surface area is 233 Å². The molecule has 3 fully saturated rings. The predicted octanol–water partition coefficient (Wildman–Crippen LogP) is 7.43. The van der Waals surface area contributed by atoms with Crippen LogP contribution in [0.25, 0.3) is 0 Å². The molecular formula is C32H56NO4P. The first kappa shape index (κ1) is 31.8. The van der Waals surface area contributed by atoms with Crippen LogP contribution < -0.4 is 4.89 Å². The van der Waals surface area contributed by atoms with Crippen LogP contribution in [-0.4, -0.2) is 43.2 Å². The summed E-state index contributed by atoms with van der Waals surface area (Å²) in [4.78, 5) is 21.1. The van der Waals surface area contributed by atoms with Gasteiger partial charge >= 0.3 is 0 Å². The van der Waals surface area contributed by atoms with Crippen molar-refractivity contribution >= 4 is 7.82 Å². The van der Waals surface area contributed by atoms with E-state index in [0.29, 0.717) is 22.4 Å². The third kappa shape index (κ3) is 8.64. The van der Waals surface area contributed by atoms with Crippen LogP contribution in [0.3, 0.4) is 0 Å². The van der Waals surface area contributed by atoms with Gasteiger partial charge < -0.3 is 18.8 Å². The van der Waals surface area contributed by atoms with Crippen molar-refractivity contribution in [3.63, 3.8) is 0 Å². The first-order chi connectivity index (χ1) is 17.6. The molecular weight excluding hydrogens is 493 g/mol. The SMILES string of the molecule is C=C1CC[C@H](C(C[N+](C)(C)C)OP(=O)([O-])O)C/C1=C/C=C1\CCC[C@]2(C)[C@@H]([C@H](C)CCCC(C)C)CC[C@@H]12. The zero-order valence-electron chi connectivity index (χ0n) is 25.4. The summed E-state index contributed by atoms with van der Waals surface area (Å²) >= 11 is 0. The minimum absolute atomic E-state index is 0.0381. The normalized spacial score (nSPS) is 33.9. The smallest absolute Gasteiger partial charge is 0.265 e. The largest absolute Gasteiger partial charge is 0.756 e. The Morgan fingerprint density at radius 3 is 2.50 bits per heavy atom. The van der Waals surface area contributed by atoms with Crippen molar-refractivity contribution in [3.8, 4) is 0 Å². The Bertz CT molecular complexity index is 926. The van der Waals surface area contributed by atoms with Gasteiger partial charge in [0.2, 0.25) is 0 Å². The molecule has 5 nitrogen and oxygen atoms in total. The van der Waals surface area contributed by atoms with Crippen molar-refractivity contribution < 1.29 is 23.4 Å². The molecule has 2 unspecified atom stereocenters. The molecule has 0 heterocycles. The summed E-state index contributed by atoms with van der Waals surface area (Å²) in [5.74, 6) is 3.12. The van der Waals surface area contributed by atoms with Gasteiger partial charge in [0.25, 0.3) is 7.82 Å². The van der Waals surface area contributed by atoms with Crippen LogP contribution in [0.1, 0.15) is 98.3 Å². The lowest BCUT2D eigenvalue weighted by Crippen LogP contribution is -2.45. The van der Waals surface area contributed by atoms with Gasteiger partial charge in [0.05, 0.1) is 21.1 Å². The van der Waals surface area contributed by atoms with E-state index in [-0.39, 0.29) is 5.92 Å². The van der Waals surface area contributed by atoms with Gasteiger partial charge in [-0.15, -0.1) is 0 Å². The molecule has 0 aromatic rings. The molecule has 0 saturated heterocycles. The second-order valence-corrected chi connectivity index (χ2v) is 15.7. The topological polar surface area (TPSA) is 69.6 Å². The highest BCUT2D eigenvalue weighted by molar-refractivity contribution is 7.44. The maximum absolute atomic E-state index is 11.7. The Morgan fingerprint density at radius 2 is 1.87 bits per heavy atom. The van der Waals surface area contributed by atoms with E-state index in [1.54, 1.807) is 5.57 Å². The zero-order valence-corrected chi connectivity index (χ0v) is 26.3. The molecule has 0 radical (unpaired) electrons. The highest BCUT2D eigenvalue weighted by atomic mass is 31.2. The molecule has 3 aliphatic carbocycles. The average molecular weight is 550 g/mol. The number of phosphoric acid groups is 1. The Balaban J connectivity index is 1.75. The number of hydrogen-bond acceptors (Lipinski definition) is 3. The van der Waals surface area contributed by atoms with Crippen molar-refractivity contribution in [2.24, 2.45) is 35.0 Å². The van der Waals surface area contributed by atoms with Crippen LogP contribution >= 0.6 is 7.82 Å². The Kier molecular flexibility index (Phi) is 10.8. The summed E-state index contributed by atoms with van der Waals surface area (Å²) in [6.07, 6.45) is 17.1. The Morgan fingerprint density at radius 1 is 1.16 bits per heavy atom. The zero-order chi connectivity index (χ0) is 28.3. The minimum atomic E-state index is -4.81. The van der Waals surface area contributed by atoms with Crippen molar-refractivity contribution in [1.29, 1.82) is 0 Å². The summed E-state index contributed by atoms with van der Waals surface area (Å²) in [7, 11) is 1.25. The number of quaternary nitrogens is 1. The van der Waals surface area contributed by atoms with Crippen LogP contribution in [0.2, 0.25) is 0 Å². The van der Waals surface area contributed by atoms with Gasteiger partial charge in [-0.25, -0.2) is 0 Å². The molecule has 0 spiro atoms. The number of nitrogens with zero attached hydrogens (tertiary/aromatic N) is 1. The van der Waals surface area contributed by atoms with Gasteiger partial charge in [-0.05, 0) is 91.9 Å². The summed E-state index contributed by atoms with van der Waals surface area (Å²) in [6.45, 7) is 14.6. The van der Waals surface area contributed by atoms with Crippen molar-refractivity contribution in [3.05, 3.63) is 35.5 Å². The van der Waals surface area contributed by atoms with Gasteiger partial charge in [0.1, 0.15) is 12.6 Å². The van der Waals surface area contributed by atoms with E-state index in [9.17, 15) is 14.4 Å². The molecule has 218 valence electrons. The fourth-order valence-electron chi connectivity index (χ4n) is 8.00. The second kappa shape index (κ2) is 12.9. The van der Waals surface area contributed by atoms with E-state index in [0.717, 1.165) is 42.6 Å². The monoisotopic (exact) mass is 549 g/mol. The molecule has 0 aromatic carbocycles. The number of likely N-dealkylation sites (N-methyl/N-ethyl adjacent to an activating group) is 1. The molecule has 0 aliphatic heterocycles. The molecule has 6 heteroatoms. The van der Waals surface area contributed by atoms with Gasteiger partial charge in [-0.2, -0.15) is 0 Å². The molecule has 0 amide bonds. The van der Waals surface area contributed by atoms with Crippen molar-refractivity contribution in [1.82, 2.24) is 0 Å². The molecule has 3 rings (SSSR count). The van der Waals surface area contributed by atoms with Crippen LogP contribution in [0.15, 0.2) is 35.5 Å². The number of allylic oxidation sites excluding steroid dienone is 5. The van der Waals surface area contributed by atoms with Gasteiger partial charge in [0.15, 0.2) is 0 Å². The Hall–Kier alpha value is -0.710.